The quantitative estimate of drug-likeness (QED) is 0.564. The summed E-state index contributed by atoms with van der Waals surface area (Å²) in [4.78, 5) is 18.0. The summed E-state index contributed by atoms with van der Waals surface area (Å²) in [7, 11) is 1.95. The molecule has 0 atom stereocenters. The number of likely N-dealkylation sites (N-methyl/N-ethyl adjacent to an activating group) is 1. The van der Waals surface area contributed by atoms with Gasteiger partial charge in [0.2, 0.25) is 0 Å². The molecule has 0 spiro atoms. The van der Waals surface area contributed by atoms with Crippen LogP contribution in [0.5, 0.6) is 5.75 Å². The van der Waals surface area contributed by atoms with Crippen molar-refractivity contribution in [3.05, 3.63) is 48.5 Å². The third kappa shape index (κ3) is 5.54. The van der Waals surface area contributed by atoms with Crippen molar-refractivity contribution in [2.45, 2.75) is 13.8 Å². The maximum atomic E-state index is 8.36. The van der Waals surface area contributed by atoms with Crippen molar-refractivity contribution in [3.8, 4) is 22.8 Å². The SMILES string of the molecule is CCN1CCN(CCOc2ccccc2-c2nccn2-c2cnn(C)c2C)CC1.O=CO. The van der Waals surface area contributed by atoms with Crippen LogP contribution in [0, 0.1) is 6.92 Å². The first kappa shape index (κ1) is 23.5. The summed E-state index contributed by atoms with van der Waals surface area (Å²) in [5.74, 6) is 1.74. The molecule has 9 nitrogen and oxygen atoms in total. The predicted molar refractivity (Wildman–Crippen MR) is 123 cm³/mol. The van der Waals surface area contributed by atoms with Gasteiger partial charge in [-0.05, 0) is 25.6 Å². The van der Waals surface area contributed by atoms with Gasteiger partial charge in [0, 0.05) is 52.2 Å². The van der Waals surface area contributed by atoms with Gasteiger partial charge in [0.15, 0.2) is 0 Å². The van der Waals surface area contributed by atoms with Gasteiger partial charge in [0.25, 0.3) is 6.47 Å². The fourth-order valence-electron chi connectivity index (χ4n) is 3.81. The third-order valence-electron chi connectivity index (χ3n) is 5.81. The molecule has 172 valence electrons. The number of imidazole rings is 1. The topological polar surface area (TPSA) is 88.7 Å². The summed E-state index contributed by atoms with van der Waals surface area (Å²) in [6.45, 7) is 11.3. The van der Waals surface area contributed by atoms with E-state index >= 15 is 0 Å². The second-order valence-electron chi connectivity index (χ2n) is 7.59. The molecule has 2 aromatic heterocycles. The molecule has 1 N–H and O–H groups in total. The van der Waals surface area contributed by atoms with Crippen LogP contribution < -0.4 is 4.74 Å². The summed E-state index contributed by atoms with van der Waals surface area (Å²) in [5, 5.41) is 11.3. The summed E-state index contributed by atoms with van der Waals surface area (Å²) < 4.78 is 10.2. The first-order valence-electron chi connectivity index (χ1n) is 10.9. The zero-order valence-electron chi connectivity index (χ0n) is 19.0. The molecule has 3 aromatic rings. The number of aryl methyl sites for hydroxylation is 1. The van der Waals surface area contributed by atoms with E-state index in [1.54, 1.807) is 0 Å². The molecule has 1 saturated heterocycles. The standard InChI is InChI=1S/C22H30N6O.CH2O2/c1-4-26-11-13-27(14-12-26)15-16-29-21-8-6-5-7-19(21)22-23-9-10-28(22)20-17-24-25(3)18(20)2;2-1-3/h5-10,17H,4,11-16H2,1-3H3;1H,(H,2,3). The fourth-order valence-corrected chi connectivity index (χ4v) is 3.81. The molecule has 1 aliphatic heterocycles. The molecule has 1 aliphatic rings. The van der Waals surface area contributed by atoms with Gasteiger partial charge in [-0.25, -0.2) is 4.98 Å². The monoisotopic (exact) mass is 440 g/mol. The van der Waals surface area contributed by atoms with Gasteiger partial charge in [-0.1, -0.05) is 19.1 Å². The Balaban J connectivity index is 0.000000913. The molecule has 1 fully saturated rings. The first-order chi connectivity index (χ1) is 15.6. The lowest BCUT2D eigenvalue weighted by molar-refractivity contribution is -0.122. The minimum absolute atomic E-state index is 0.250. The van der Waals surface area contributed by atoms with E-state index in [1.165, 1.54) is 0 Å². The van der Waals surface area contributed by atoms with Crippen molar-refractivity contribution in [2.24, 2.45) is 7.05 Å². The number of ether oxygens (including phenoxy) is 1. The highest BCUT2D eigenvalue weighted by Gasteiger charge is 2.17. The van der Waals surface area contributed by atoms with Crippen LogP contribution in [0.3, 0.4) is 0 Å². The smallest absolute Gasteiger partial charge is 0.290 e. The highest BCUT2D eigenvalue weighted by Crippen LogP contribution is 2.31. The second-order valence-corrected chi connectivity index (χ2v) is 7.59. The van der Waals surface area contributed by atoms with Gasteiger partial charge < -0.3 is 14.7 Å². The average Bonchev–Trinajstić information content (AvgIpc) is 3.42. The number of aromatic nitrogens is 4. The number of hydrogen-bond donors (Lipinski definition) is 1. The third-order valence-corrected chi connectivity index (χ3v) is 5.81. The Morgan fingerprint density at radius 2 is 1.84 bits per heavy atom. The normalized spacial score (nSPS) is 14.6. The number of hydrogen-bond acceptors (Lipinski definition) is 6. The fraction of sp³-hybridized carbons (Fsp3) is 0.435. The molecule has 32 heavy (non-hydrogen) atoms. The van der Waals surface area contributed by atoms with Crippen molar-refractivity contribution < 1.29 is 14.6 Å². The van der Waals surface area contributed by atoms with Crippen LogP contribution in [0.2, 0.25) is 0 Å². The van der Waals surface area contributed by atoms with Crippen molar-refractivity contribution in [1.29, 1.82) is 0 Å². The van der Waals surface area contributed by atoms with Gasteiger partial charge in [-0.3, -0.25) is 18.9 Å². The lowest BCUT2D eigenvalue weighted by Gasteiger charge is -2.33. The van der Waals surface area contributed by atoms with Gasteiger partial charge in [-0.15, -0.1) is 0 Å². The van der Waals surface area contributed by atoms with Gasteiger partial charge in [0.1, 0.15) is 18.2 Å². The van der Waals surface area contributed by atoms with E-state index in [4.69, 9.17) is 14.6 Å². The summed E-state index contributed by atoms with van der Waals surface area (Å²) in [6.07, 6.45) is 5.68. The molecule has 3 heterocycles. The summed E-state index contributed by atoms with van der Waals surface area (Å²) >= 11 is 0. The van der Waals surface area contributed by atoms with Crippen LogP contribution in [0.25, 0.3) is 17.1 Å². The van der Waals surface area contributed by atoms with Crippen molar-refractivity contribution >= 4 is 6.47 Å². The number of rotatable bonds is 7. The molecule has 0 aliphatic carbocycles. The molecular formula is C23H32N6O3. The Morgan fingerprint density at radius 3 is 2.50 bits per heavy atom. The molecule has 0 saturated carbocycles. The highest BCUT2D eigenvalue weighted by atomic mass is 16.5. The minimum atomic E-state index is -0.250. The number of nitrogens with zero attached hydrogens (tertiary/aromatic N) is 6. The maximum absolute atomic E-state index is 8.36. The van der Waals surface area contributed by atoms with E-state index in [2.05, 4.69) is 44.4 Å². The Morgan fingerprint density at radius 1 is 1.16 bits per heavy atom. The van der Waals surface area contributed by atoms with Gasteiger partial charge in [0.05, 0.1) is 23.1 Å². The number of benzene rings is 1. The van der Waals surface area contributed by atoms with Crippen LogP contribution in [0.1, 0.15) is 12.6 Å². The van der Waals surface area contributed by atoms with E-state index in [1.807, 2.05) is 48.5 Å². The number of carbonyl (C=O) groups is 1. The Hall–Kier alpha value is -3.17. The van der Waals surface area contributed by atoms with Crippen molar-refractivity contribution in [3.63, 3.8) is 0 Å². The van der Waals surface area contributed by atoms with E-state index in [0.717, 1.165) is 67.8 Å². The summed E-state index contributed by atoms with van der Waals surface area (Å²) in [5.41, 5.74) is 3.12. The van der Waals surface area contributed by atoms with Crippen LogP contribution in [-0.2, 0) is 11.8 Å². The number of carboxylic acid groups (broad SMARTS) is 1. The maximum Gasteiger partial charge on any atom is 0.290 e. The predicted octanol–water partition coefficient (Wildman–Crippen LogP) is 2.30. The van der Waals surface area contributed by atoms with E-state index in [-0.39, 0.29) is 6.47 Å². The minimum Gasteiger partial charge on any atom is -0.491 e. The Kier molecular flexibility index (Phi) is 8.41. The molecule has 1 aromatic carbocycles. The molecular weight excluding hydrogens is 408 g/mol. The largest absolute Gasteiger partial charge is 0.491 e. The average molecular weight is 441 g/mol. The van der Waals surface area contributed by atoms with E-state index in [9.17, 15) is 0 Å². The van der Waals surface area contributed by atoms with E-state index < -0.39 is 0 Å². The number of piperazine rings is 1. The first-order valence-corrected chi connectivity index (χ1v) is 10.9. The molecule has 0 unspecified atom stereocenters. The molecule has 9 heteroatoms. The number of para-hydroxylation sites is 1. The van der Waals surface area contributed by atoms with Crippen molar-refractivity contribution in [1.82, 2.24) is 29.1 Å². The Labute approximate surface area is 188 Å². The van der Waals surface area contributed by atoms with Crippen LogP contribution >= 0.6 is 0 Å². The van der Waals surface area contributed by atoms with Crippen LogP contribution in [0.15, 0.2) is 42.9 Å². The highest BCUT2D eigenvalue weighted by molar-refractivity contribution is 5.66. The molecule has 0 amide bonds. The van der Waals surface area contributed by atoms with Crippen LogP contribution in [0.4, 0.5) is 0 Å². The van der Waals surface area contributed by atoms with Gasteiger partial charge in [-0.2, -0.15) is 5.10 Å². The zero-order chi connectivity index (χ0) is 22.9. The van der Waals surface area contributed by atoms with E-state index in [0.29, 0.717) is 6.61 Å². The Bertz CT molecular complexity index is 991. The lowest BCUT2D eigenvalue weighted by Crippen LogP contribution is -2.47. The molecule has 0 radical (unpaired) electrons. The molecule has 4 rings (SSSR count). The lowest BCUT2D eigenvalue weighted by atomic mass is 10.2. The van der Waals surface area contributed by atoms with Crippen molar-refractivity contribution in [2.75, 3.05) is 45.9 Å². The molecule has 0 bridgehead atoms. The zero-order valence-corrected chi connectivity index (χ0v) is 19.0. The summed E-state index contributed by atoms with van der Waals surface area (Å²) in [6, 6.07) is 8.14. The van der Waals surface area contributed by atoms with Gasteiger partial charge >= 0.3 is 0 Å². The second kappa shape index (κ2) is 11.4. The van der Waals surface area contributed by atoms with Crippen LogP contribution in [-0.4, -0.2) is 86.6 Å².